The smallest absolute Gasteiger partial charge is 0.475 e. The predicted octanol–water partition coefficient (Wildman–Crippen LogP) is 5.54. The second kappa shape index (κ2) is 12.0. The van der Waals surface area contributed by atoms with E-state index in [9.17, 15) is 13.2 Å². The average molecular weight is 568 g/mol. The van der Waals surface area contributed by atoms with Crippen LogP contribution in [0.25, 0.3) is 22.2 Å². The van der Waals surface area contributed by atoms with Crippen LogP contribution in [0.1, 0.15) is 29.9 Å². The Morgan fingerprint density at radius 2 is 1.78 bits per heavy atom. The highest BCUT2D eigenvalue weighted by molar-refractivity contribution is 5.92. The zero-order valence-electron chi connectivity index (χ0n) is 21.9. The van der Waals surface area contributed by atoms with E-state index < -0.39 is 18.2 Å². The van der Waals surface area contributed by atoms with Crippen molar-refractivity contribution >= 4 is 28.2 Å². The lowest BCUT2D eigenvalue weighted by Crippen LogP contribution is -2.21. The van der Waals surface area contributed by atoms with Crippen molar-refractivity contribution < 1.29 is 27.5 Å². The fraction of sp³-hybridized carbons (Fsp3) is 0.179. The van der Waals surface area contributed by atoms with E-state index in [2.05, 4.69) is 20.4 Å². The number of anilines is 2. The zero-order chi connectivity index (χ0) is 29.7. The summed E-state index contributed by atoms with van der Waals surface area (Å²) in [6.45, 7) is 2.05. The van der Waals surface area contributed by atoms with E-state index in [1.807, 2.05) is 56.4 Å². The molecule has 0 saturated heterocycles. The number of hydrogen-bond donors (Lipinski definition) is 3. The molecule has 13 heteroatoms. The minimum Gasteiger partial charge on any atom is -0.475 e. The number of fused-ring (bicyclic) bond motifs is 1. The second-order valence-electron chi connectivity index (χ2n) is 8.87. The first kappa shape index (κ1) is 28.9. The van der Waals surface area contributed by atoms with Crippen LogP contribution in [0, 0.1) is 5.82 Å². The number of carboxylic acid groups (broad SMARTS) is 1. The monoisotopic (exact) mass is 567 g/mol. The third-order valence-corrected chi connectivity index (χ3v) is 6.12. The lowest BCUT2D eigenvalue weighted by Gasteiger charge is -2.21. The fourth-order valence-electron chi connectivity index (χ4n) is 4.04. The standard InChI is InChI=1S/C26H24FN7.C2HF3O2/c1-3-16-4-7-22(27)21(14-16)23(26-32-25(33-34(26)2)17-8-11-29-12-9-17)31-19-5-6-20-18(15-19)10-13-30-24(20)28;3-2(4,5)1(6)7/h4-15,23,31H,3H2,1-2H3,(H2,28,30);(H,6,7). The molecule has 4 N–H and O–H groups in total. The van der Waals surface area contributed by atoms with Gasteiger partial charge >= 0.3 is 12.1 Å². The van der Waals surface area contributed by atoms with Gasteiger partial charge in [-0.1, -0.05) is 19.1 Å². The quantitative estimate of drug-likeness (QED) is 0.228. The highest BCUT2D eigenvalue weighted by Gasteiger charge is 2.38. The largest absolute Gasteiger partial charge is 0.490 e. The van der Waals surface area contributed by atoms with Crippen molar-refractivity contribution in [1.82, 2.24) is 24.7 Å². The molecule has 0 spiro atoms. The summed E-state index contributed by atoms with van der Waals surface area (Å²) in [6, 6.07) is 16.0. The summed E-state index contributed by atoms with van der Waals surface area (Å²) in [5.41, 5.74) is 9.20. The molecule has 0 aliphatic heterocycles. The third kappa shape index (κ3) is 6.75. The second-order valence-corrected chi connectivity index (χ2v) is 8.87. The topological polar surface area (TPSA) is 132 Å². The van der Waals surface area contributed by atoms with Crippen molar-refractivity contribution in [3.63, 3.8) is 0 Å². The Morgan fingerprint density at radius 3 is 2.44 bits per heavy atom. The highest BCUT2D eigenvalue weighted by atomic mass is 19.4. The summed E-state index contributed by atoms with van der Waals surface area (Å²) in [6.07, 6.45) is 0.776. The number of nitrogen functional groups attached to an aromatic ring is 1. The molecule has 3 aromatic heterocycles. The van der Waals surface area contributed by atoms with Crippen LogP contribution in [0.4, 0.5) is 29.1 Å². The number of aryl methyl sites for hydroxylation is 2. The minimum atomic E-state index is -5.08. The Hall–Kier alpha value is -5.07. The molecule has 0 aliphatic rings. The molecular formula is C28H25F4N7O2. The van der Waals surface area contributed by atoms with Crippen molar-refractivity contribution in [3.05, 3.63) is 96.0 Å². The van der Waals surface area contributed by atoms with Gasteiger partial charge in [-0.25, -0.2) is 19.2 Å². The summed E-state index contributed by atoms with van der Waals surface area (Å²) in [5, 5.41) is 17.0. The minimum absolute atomic E-state index is 0.308. The molecule has 3 heterocycles. The average Bonchev–Trinajstić information content (AvgIpc) is 3.34. The van der Waals surface area contributed by atoms with Crippen LogP contribution in [-0.2, 0) is 18.3 Å². The van der Waals surface area contributed by atoms with Crippen LogP contribution in [0.3, 0.4) is 0 Å². The van der Waals surface area contributed by atoms with Crippen LogP contribution in [0.15, 0.2) is 73.2 Å². The van der Waals surface area contributed by atoms with E-state index in [0.717, 1.165) is 34.0 Å². The van der Waals surface area contributed by atoms with E-state index in [4.69, 9.17) is 20.6 Å². The Morgan fingerprint density at radius 1 is 1.07 bits per heavy atom. The first-order valence-electron chi connectivity index (χ1n) is 12.3. The van der Waals surface area contributed by atoms with E-state index in [0.29, 0.717) is 23.0 Å². The van der Waals surface area contributed by atoms with Crippen LogP contribution >= 0.6 is 0 Å². The fourth-order valence-corrected chi connectivity index (χ4v) is 4.04. The van der Waals surface area contributed by atoms with Gasteiger partial charge in [0.25, 0.3) is 0 Å². The molecule has 0 saturated carbocycles. The Balaban J connectivity index is 0.000000493. The van der Waals surface area contributed by atoms with Gasteiger partial charge < -0.3 is 16.2 Å². The first-order valence-corrected chi connectivity index (χ1v) is 12.3. The number of carboxylic acids is 1. The SMILES string of the molecule is CCc1ccc(F)c(C(Nc2ccc3c(N)nccc3c2)c2nc(-c3ccncc3)nn2C)c1.O=C(O)C(F)(F)F. The van der Waals surface area contributed by atoms with Crippen LogP contribution < -0.4 is 11.1 Å². The van der Waals surface area contributed by atoms with Gasteiger partial charge in [0.2, 0.25) is 0 Å². The molecule has 0 radical (unpaired) electrons. The third-order valence-electron chi connectivity index (χ3n) is 6.12. The molecule has 2 aromatic carbocycles. The maximum absolute atomic E-state index is 15.2. The first-order chi connectivity index (χ1) is 19.5. The summed E-state index contributed by atoms with van der Waals surface area (Å²) < 4.78 is 48.6. The van der Waals surface area contributed by atoms with Gasteiger partial charge in [-0.05, 0) is 59.8 Å². The van der Waals surface area contributed by atoms with Crippen molar-refractivity contribution in [2.75, 3.05) is 11.1 Å². The van der Waals surface area contributed by atoms with Crippen LogP contribution in [0.5, 0.6) is 0 Å². The summed E-state index contributed by atoms with van der Waals surface area (Å²) >= 11 is 0. The van der Waals surface area contributed by atoms with Gasteiger partial charge in [0.05, 0.1) is 0 Å². The number of nitrogens with two attached hydrogens (primary N) is 1. The van der Waals surface area contributed by atoms with Crippen LogP contribution in [0.2, 0.25) is 0 Å². The summed E-state index contributed by atoms with van der Waals surface area (Å²) in [4.78, 5) is 21.9. The van der Waals surface area contributed by atoms with Crippen molar-refractivity contribution in [1.29, 1.82) is 0 Å². The molecular weight excluding hydrogens is 542 g/mol. The number of alkyl halides is 3. The van der Waals surface area contributed by atoms with Gasteiger partial charge in [0.15, 0.2) is 11.6 Å². The van der Waals surface area contributed by atoms with Gasteiger partial charge in [-0.15, -0.1) is 0 Å². The molecule has 5 rings (SSSR count). The van der Waals surface area contributed by atoms with Crippen molar-refractivity contribution in [2.24, 2.45) is 7.05 Å². The number of carbonyl (C=O) groups is 1. The number of pyridine rings is 2. The molecule has 0 bridgehead atoms. The molecule has 0 fully saturated rings. The predicted molar refractivity (Wildman–Crippen MR) is 145 cm³/mol. The van der Waals surface area contributed by atoms with Crippen LogP contribution in [-0.4, -0.2) is 42.0 Å². The summed E-state index contributed by atoms with van der Waals surface area (Å²) in [7, 11) is 1.82. The number of aromatic nitrogens is 5. The highest BCUT2D eigenvalue weighted by Crippen LogP contribution is 2.31. The number of benzene rings is 2. The number of aliphatic carboxylic acids is 1. The molecule has 0 aliphatic carbocycles. The lowest BCUT2D eigenvalue weighted by atomic mass is 10.0. The van der Waals surface area contributed by atoms with Gasteiger partial charge in [-0.2, -0.15) is 18.3 Å². The lowest BCUT2D eigenvalue weighted by molar-refractivity contribution is -0.192. The molecule has 5 aromatic rings. The Kier molecular flexibility index (Phi) is 8.45. The number of nitrogens with one attached hydrogen (secondary N) is 1. The van der Waals surface area contributed by atoms with E-state index in [1.54, 1.807) is 29.3 Å². The molecule has 9 nitrogen and oxygen atoms in total. The van der Waals surface area contributed by atoms with E-state index >= 15 is 4.39 Å². The zero-order valence-corrected chi connectivity index (χ0v) is 21.9. The normalized spacial score (nSPS) is 12.0. The molecule has 212 valence electrons. The van der Waals surface area contributed by atoms with E-state index in [-0.39, 0.29) is 5.82 Å². The van der Waals surface area contributed by atoms with Gasteiger partial charge in [-0.3, -0.25) is 9.67 Å². The number of halogens is 4. The number of rotatable bonds is 6. The van der Waals surface area contributed by atoms with Gasteiger partial charge in [0, 0.05) is 47.8 Å². The summed E-state index contributed by atoms with van der Waals surface area (Å²) in [5.74, 6) is -1.45. The Labute approximate surface area is 231 Å². The van der Waals surface area contributed by atoms with Crippen molar-refractivity contribution in [2.45, 2.75) is 25.6 Å². The van der Waals surface area contributed by atoms with Gasteiger partial charge in [0.1, 0.15) is 17.7 Å². The van der Waals surface area contributed by atoms with Crippen molar-refractivity contribution in [3.8, 4) is 11.4 Å². The molecule has 41 heavy (non-hydrogen) atoms. The Bertz CT molecular complexity index is 1670. The maximum Gasteiger partial charge on any atom is 0.490 e. The maximum atomic E-state index is 15.2. The van der Waals surface area contributed by atoms with E-state index in [1.165, 1.54) is 6.07 Å². The molecule has 1 unspecified atom stereocenters. The number of hydrogen-bond acceptors (Lipinski definition) is 7. The number of nitrogens with zero attached hydrogens (tertiary/aromatic N) is 5. The molecule has 1 atom stereocenters. The molecule has 0 amide bonds.